The van der Waals surface area contributed by atoms with E-state index in [1.807, 2.05) is 6.33 Å². The van der Waals surface area contributed by atoms with Crippen LogP contribution in [0.5, 0.6) is 0 Å². The van der Waals surface area contributed by atoms with Crippen LogP contribution in [-0.2, 0) is 15.9 Å². The first-order chi connectivity index (χ1) is 21.0. The van der Waals surface area contributed by atoms with Gasteiger partial charge in [0.1, 0.15) is 12.1 Å². The van der Waals surface area contributed by atoms with Gasteiger partial charge < -0.3 is 20.1 Å². The highest BCUT2D eigenvalue weighted by Crippen LogP contribution is 2.33. The second-order valence-corrected chi connectivity index (χ2v) is 12.4. The van der Waals surface area contributed by atoms with Gasteiger partial charge in [0, 0.05) is 32.5 Å². The highest BCUT2D eigenvalue weighted by molar-refractivity contribution is 5.83. The molecule has 0 spiro atoms. The number of anilines is 1. The Morgan fingerprint density at radius 3 is 2.23 bits per heavy atom. The molecule has 4 aromatic rings. The molecule has 0 radical (unpaired) electrons. The summed E-state index contributed by atoms with van der Waals surface area (Å²) in [7, 11) is 1.72. The van der Waals surface area contributed by atoms with Crippen LogP contribution in [0.3, 0.4) is 0 Å². The second kappa shape index (κ2) is 15.4. The highest BCUT2D eigenvalue weighted by Gasteiger charge is 2.29. The Balaban J connectivity index is 0.000000868. The van der Waals surface area contributed by atoms with E-state index in [2.05, 4.69) is 96.6 Å². The van der Waals surface area contributed by atoms with Crippen molar-refractivity contribution >= 4 is 17.0 Å². The molecule has 0 bridgehead atoms. The van der Waals surface area contributed by atoms with Crippen molar-refractivity contribution in [3.8, 4) is 0 Å². The zero-order chi connectivity index (χ0) is 30.0. The molecule has 1 aliphatic carbocycles. The summed E-state index contributed by atoms with van der Waals surface area (Å²) in [6.07, 6.45) is 7.18. The fourth-order valence-electron chi connectivity index (χ4n) is 5.43. The van der Waals surface area contributed by atoms with Crippen LogP contribution in [0.15, 0.2) is 67.0 Å². The monoisotopic (exact) mass is 584 g/mol. The molecular formula is C35H48N6O2. The number of hydrogen-bond acceptors (Lipinski definition) is 7. The van der Waals surface area contributed by atoms with Crippen molar-refractivity contribution in [2.75, 3.05) is 38.7 Å². The largest absolute Gasteiger partial charge is 0.382 e. The van der Waals surface area contributed by atoms with E-state index in [1.54, 1.807) is 7.11 Å². The van der Waals surface area contributed by atoms with Crippen LogP contribution < -0.4 is 10.6 Å². The summed E-state index contributed by atoms with van der Waals surface area (Å²) in [4.78, 5) is 14.7. The minimum atomic E-state index is -0.0971. The third-order valence-electron chi connectivity index (χ3n) is 7.75. The van der Waals surface area contributed by atoms with Crippen molar-refractivity contribution in [3.63, 3.8) is 0 Å². The van der Waals surface area contributed by atoms with Crippen LogP contribution in [-0.4, -0.2) is 59.0 Å². The molecular weight excluding hydrogens is 536 g/mol. The number of hydrogen-bond donors (Lipinski definition) is 2. The molecule has 8 heteroatoms. The Kier molecular flexibility index (Phi) is 11.1. The summed E-state index contributed by atoms with van der Waals surface area (Å²) in [6.45, 7) is 9.74. The van der Waals surface area contributed by atoms with Gasteiger partial charge in [0.05, 0.1) is 19.0 Å². The van der Waals surface area contributed by atoms with E-state index in [0.29, 0.717) is 13.2 Å². The molecule has 2 aliphatic rings. The lowest BCUT2D eigenvalue weighted by Crippen LogP contribution is -2.21. The fourth-order valence-corrected chi connectivity index (χ4v) is 5.43. The number of nitrogens with one attached hydrogen (secondary N) is 2. The number of nitrogens with zero attached hydrogens (tertiary/aromatic N) is 4. The molecule has 43 heavy (non-hydrogen) atoms. The van der Waals surface area contributed by atoms with Crippen LogP contribution in [0.1, 0.15) is 75.6 Å². The number of ether oxygens (including phenoxy) is 2. The minimum Gasteiger partial charge on any atom is -0.382 e. The Hall–Kier alpha value is -3.33. The Bertz CT molecular complexity index is 1350. The summed E-state index contributed by atoms with van der Waals surface area (Å²) >= 11 is 0. The van der Waals surface area contributed by atoms with E-state index in [1.165, 1.54) is 24.0 Å². The second-order valence-electron chi connectivity index (χ2n) is 12.4. The van der Waals surface area contributed by atoms with E-state index >= 15 is 0 Å². The van der Waals surface area contributed by atoms with Crippen molar-refractivity contribution < 1.29 is 9.47 Å². The fraction of sp³-hybridized carbons (Fsp3) is 0.514. The van der Waals surface area contributed by atoms with Gasteiger partial charge in [-0.3, -0.25) is 4.57 Å². The highest BCUT2D eigenvalue weighted by atomic mass is 16.5. The lowest BCUT2D eigenvalue weighted by Gasteiger charge is -2.20. The summed E-state index contributed by atoms with van der Waals surface area (Å²) < 4.78 is 13.7. The maximum atomic E-state index is 6.28. The first-order valence-electron chi connectivity index (χ1n) is 15.9. The molecule has 6 rings (SSSR count). The van der Waals surface area contributed by atoms with Gasteiger partial charge >= 0.3 is 0 Å². The molecule has 2 atom stereocenters. The molecule has 2 aromatic carbocycles. The van der Waals surface area contributed by atoms with Crippen molar-refractivity contribution in [2.45, 2.75) is 71.1 Å². The van der Waals surface area contributed by atoms with E-state index < -0.39 is 0 Å². The first kappa shape index (κ1) is 31.1. The van der Waals surface area contributed by atoms with Crippen molar-refractivity contribution in [3.05, 3.63) is 83.9 Å². The molecule has 1 aliphatic heterocycles. The van der Waals surface area contributed by atoms with Crippen LogP contribution in [0.4, 0.5) is 5.82 Å². The van der Waals surface area contributed by atoms with E-state index in [9.17, 15) is 0 Å². The lowest BCUT2D eigenvalue weighted by atomic mass is 9.91. The molecule has 8 nitrogen and oxygen atoms in total. The quantitative estimate of drug-likeness (QED) is 0.171. The number of imidazole rings is 1. The van der Waals surface area contributed by atoms with Crippen LogP contribution >= 0.6 is 0 Å². The Labute approximate surface area is 256 Å². The maximum Gasteiger partial charge on any atom is 0.167 e. The third kappa shape index (κ3) is 8.85. The summed E-state index contributed by atoms with van der Waals surface area (Å²) in [5.74, 6) is 3.45. The van der Waals surface area contributed by atoms with Gasteiger partial charge in [-0.25, -0.2) is 15.0 Å². The smallest absolute Gasteiger partial charge is 0.167 e. The van der Waals surface area contributed by atoms with Gasteiger partial charge in [-0.05, 0) is 55.2 Å². The lowest BCUT2D eigenvalue weighted by molar-refractivity contribution is -0.0300. The number of methoxy groups -OCH3 is 1. The number of fused-ring (bicyclic) bond motifs is 1. The molecule has 1 saturated heterocycles. The molecule has 2 unspecified atom stereocenters. The van der Waals surface area contributed by atoms with Gasteiger partial charge in [-0.1, -0.05) is 81.4 Å². The topological polar surface area (TPSA) is 86.1 Å². The molecule has 2 N–H and O–H groups in total. The maximum absolute atomic E-state index is 6.28. The van der Waals surface area contributed by atoms with Crippen LogP contribution in [0.25, 0.3) is 11.2 Å². The predicted molar refractivity (Wildman–Crippen MR) is 173 cm³/mol. The van der Waals surface area contributed by atoms with Crippen molar-refractivity contribution in [2.24, 2.45) is 11.8 Å². The van der Waals surface area contributed by atoms with Gasteiger partial charge in [0.25, 0.3) is 0 Å². The normalized spacial score (nSPS) is 18.3. The third-order valence-corrected chi connectivity index (χ3v) is 7.75. The summed E-state index contributed by atoms with van der Waals surface area (Å²) in [5.41, 5.74) is 4.13. The summed E-state index contributed by atoms with van der Waals surface area (Å²) in [5, 5.41) is 7.25. The number of aromatic nitrogens is 4. The molecule has 3 heterocycles. The van der Waals surface area contributed by atoms with Gasteiger partial charge in [0.2, 0.25) is 0 Å². The standard InChI is InChI=1S/C31H38N6O2.C4H10/c1-38-20-25-14-15-28(39-25)37-21-34-29-30(35-27(36-31(29)37)16-17-32-18-22-12-13-22)33-19-26(23-8-4-2-5-9-23)24-10-6-3-7-11-24;1-4(2)3/h2-11,21-22,25-26,28,32H,12-20H2,1H3,(H,33,35,36);4H,1-3H3. The molecule has 2 fully saturated rings. The molecule has 2 aromatic heterocycles. The minimum absolute atomic E-state index is 0.0971. The van der Waals surface area contributed by atoms with Crippen molar-refractivity contribution in [1.82, 2.24) is 24.8 Å². The molecule has 0 amide bonds. The van der Waals surface area contributed by atoms with Crippen LogP contribution in [0.2, 0.25) is 0 Å². The summed E-state index contributed by atoms with van der Waals surface area (Å²) in [6, 6.07) is 21.3. The van der Waals surface area contributed by atoms with Gasteiger partial charge in [0.15, 0.2) is 17.0 Å². The van der Waals surface area contributed by atoms with Crippen LogP contribution in [0, 0.1) is 11.8 Å². The molecule has 230 valence electrons. The van der Waals surface area contributed by atoms with E-state index in [-0.39, 0.29) is 18.2 Å². The Morgan fingerprint density at radius 2 is 1.60 bits per heavy atom. The average Bonchev–Trinajstić information content (AvgIpc) is 3.56. The zero-order valence-electron chi connectivity index (χ0n) is 26.2. The average molecular weight is 585 g/mol. The Morgan fingerprint density at radius 1 is 0.930 bits per heavy atom. The van der Waals surface area contributed by atoms with Gasteiger partial charge in [-0.2, -0.15) is 0 Å². The first-order valence-corrected chi connectivity index (χ1v) is 15.9. The van der Waals surface area contributed by atoms with E-state index in [4.69, 9.17) is 24.4 Å². The van der Waals surface area contributed by atoms with E-state index in [0.717, 1.165) is 67.0 Å². The number of benzene rings is 2. The predicted octanol–water partition coefficient (Wildman–Crippen LogP) is 6.60. The van der Waals surface area contributed by atoms with Gasteiger partial charge in [-0.15, -0.1) is 0 Å². The number of rotatable bonds is 13. The molecule has 1 saturated carbocycles. The SMILES string of the molecule is CC(C)C.COCC1CCC(n2cnc3c(NCC(c4ccccc4)c4ccccc4)nc(CCNCC4CC4)nc32)O1. The van der Waals surface area contributed by atoms with Crippen molar-refractivity contribution in [1.29, 1.82) is 0 Å². The zero-order valence-corrected chi connectivity index (χ0v) is 26.2.